The fraction of sp³-hybridized carbons (Fsp3) is 0.200. The van der Waals surface area contributed by atoms with Gasteiger partial charge in [-0.2, -0.15) is 0 Å². The minimum absolute atomic E-state index is 0.0411. The maximum atomic E-state index is 11.4. The second kappa shape index (κ2) is 6.47. The molecule has 112 valence electrons. The van der Waals surface area contributed by atoms with Gasteiger partial charge in [-0.25, -0.2) is 13.6 Å². The van der Waals surface area contributed by atoms with Gasteiger partial charge < -0.3 is 5.32 Å². The van der Waals surface area contributed by atoms with E-state index in [4.69, 9.17) is 16.7 Å². The van der Waals surface area contributed by atoms with Gasteiger partial charge in [0.15, 0.2) is 0 Å². The Hall–Kier alpha value is -1.56. The summed E-state index contributed by atoms with van der Waals surface area (Å²) in [6.07, 6.45) is 0.833. The lowest BCUT2D eigenvalue weighted by Gasteiger charge is -2.19. The molecule has 0 aliphatic heterocycles. The number of benzene rings is 2. The number of nitrogens with two attached hydrogens (primary N) is 1. The number of primary sulfonamides is 1. The normalized spacial score (nSPS) is 12.9. The summed E-state index contributed by atoms with van der Waals surface area (Å²) in [5.41, 5.74) is 1.75. The molecule has 0 fully saturated rings. The first-order chi connectivity index (χ1) is 9.90. The topological polar surface area (TPSA) is 72.2 Å². The monoisotopic (exact) mass is 324 g/mol. The number of hydrogen-bond donors (Lipinski definition) is 2. The van der Waals surface area contributed by atoms with Crippen LogP contribution < -0.4 is 10.5 Å². The van der Waals surface area contributed by atoms with Crippen LogP contribution in [0, 0.1) is 0 Å². The van der Waals surface area contributed by atoms with Gasteiger partial charge in [0.25, 0.3) is 0 Å². The molecule has 0 aliphatic carbocycles. The molecule has 0 amide bonds. The van der Waals surface area contributed by atoms with Crippen molar-refractivity contribution in [1.82, 2.24) is 0 Å². The van der Waals surface area contributed by atoms with Crippen molar-refractivity contribution >= 4 is 27.3 Å². The van der Waals surface area contributed by atoms with Crippen LogP contribution >= 0.6 is 11.6 Å². The van der Waals surface area contributed by atoms with Gasteiger partial charge >= 0.3 is 0 Å². The molecule has 1 unspecified atom stereocenters. The molecule has 3 N–H and O–H groups in total. The fourth-order valence-corrected chi connectivity index (χ4v) is 2.87. The third-order valence-electron chi connectivity index (χ3n) is 3.16. The second-order valence-electron chi connectivity index (χ2n) is 4.73. The van der Waals surface area contributed by atoms with E-state index in [1.807, 2.05) is 37.3 Å². The molecule has 6 heteroatoms. The Balaban J connectivity index is 2.27. The van der Waals surface area contributed by atoms with Crippen LogP contribution in [-0.2, 0) is 10.0 Å². The zero-order chi connectivity index (χ0) is 15.5. The molecule has 21 heavy (non-hydrogen) atoms. The van der Waals surface area contributed by atoms with E-state index in [-0.39, 0.29) is 10.9 Å². The zero-order valence-corrected chi connectivity index (χ0v) is 13.2. The molecular weight excluding hydrogens is 308 g/mol. The maximum absolute atomic E-state index is 11.4. The van der Waals surface area contributed by atoms with Crippen LogP contribution in [0.15, 0.2) is 53.4 Å². The van der Waals surface area contributed by atoms with Crippen LogP contribution in [0.5, 0.6) is 0 Å². The molecule has 0 saturated carbocycles. The van der Waals surface area contributed by atoms with E-state index in [1.54, 1.807) is 6.07 Å². The van der Waals surface area contributed by atoms with Crippen molar-refractivity contribution < 1.29 is 8.42 Å². The first-order valence-corrected chi connectivity index (χ1v) is 8.47. The lowest BCUT2D eigenvalue weighted by atomic mass is 10.0. The second-order valence-corrected chi connectivity index (χ2v) is 6.73. The molecule has 0 radical (unpaired) electrons. The molecule has 0 aliphatic rings. The molecule has 0 aromatic heterocycles. The number of rotatable bonds is 5. The molecule has 0 bridgehead atoms. The summed E-state index contributed by atoms with van der Waals surface area (Å²) in [7, 11) is -3.70. The van der Waals surface area contributed by atoms with Gasteiger partial charge in [-0.05, 0) is 42.3 Å². The average molecular weight is 325 g/mol. The van der Waals surface area contributed by atoms with Crippen molar-refractivity contribution in [3.8, 4) is 0 Å². The first kappa shape index (κ1) is 15.8. The van der Waals surface area contributed by atoms with Crippen LogP contribution in [0.25, 0.3) is 0 Å². The highest BCUT2D eigenvalue weighted by molar-refractivity contribution is 7.89. The van der Waals surface area contributed by atoms with E-state index in [1.165, 1.54) is 12.1 Å². The number of sulfonamides is 1. The Bertz CT molecular complexity index is 732. The number of nitrogens with one attached hydrogen (secondary N) is 1. The first-order valence-electron chi connectivity index (χ1n) is 6.55. The predicted octanol–water partition coefficient (Wildman–Crippen LogP) is 3.55. The average Bonchev–Trinajstić information content (AvgIpc) is 2.44. The summed E-state index contributed by atoms with van der Waals surface area (Å²) < 4.78 is 22.8. The Kier molecular flexibility index (Phi) is 4.88. The van der Waals surface area contributed by atoms with E-state index in [0.29, 0.717) is 10.7 Å². The van der Waals surface area contributed by atoms with E-state index < -0.39 is 10.0 Å². The van der Waals surface area contributed by atoms with Crippen molar-refractivity contribution in [2.45, 2.75) is 24.3 Å². The summed E-state index contributed by atoms with van der Waals surface area (Å²) in [6.45, 7) is 2.04. The van der Waals surface area contributed by atoms with Crippen molar-refractivity contribution in [2.75, 3.05) is 5.32 Å². The Morgan fingerprint density at radius 3 is 2.52 bits per heavy atom. The highest BCUT2D eigenvalue weighted by atomic mass is 35.5. The molecule has 2 aromatic rings. The third-order valence-corrected chi connectivity index (χ3v) is 4.31. The van der Waals surface area contributed by atoms with Crippen molar-refractivity contribution in [3.05, 3.63) is 59.1 Å². The Morgan fingerprint density at radius 1 is 1.19 bits per heavy atom. The van der Waals surface area contributed by atoms with Crippen LogP contribution in [0.4, 0.5) is 5.69 Å². The van der Waals surface area contributed by atoms with Gasteiger partial charge in [0, 0.05) is 10.7 Å². The van der Waals surface area contributed by atoms with Crippen LogP contribution in [0.2, 0.25) is 5.02 Å². The van der Waals surface area contributed by atoms with E-state index in [9.17, 15) is 8.42 Å². The minimum atomic E-state index is -3.70. The van der Waals surface area contributed by atoms with Crippen LogP contribution in [0.3, 0.4) is 0 Å². The predicted molar refractivity (Wildman–Crippen MR) is 85.9 cm³/mol. The quantitative estimate of drug-likeness (QED) is 0.883. The van der Waals surface area contributed by atoms with Crippen molar-refractivity contribution in [1.29, 1.82) is 0 Å². The summed E-state index contributed by atoms with van der Waals surface area (Å²) in [5, 5.41) is 9.13. The number of anilines is 1. The van der Waals surface area contributed by atoms with Gasteiger partial charge in [-0.3, -0.25) is 0 Å². The molecule has 2 aromatic carbocycles. The van der Waals surface area contributed by atoms with Gasteiger partial charge in [-0.15, -0.1) is 0 Å². The van der Waals surface area contributed by atoms with E-state index >= 15 is 0 Å². The highest BCUT2D eigenvalue weighted by Gasteiger charge is 2.12. The molecule has 1 atom stereocenters. The van der Waals surface area contributed by atoms with Crippen molar-refractivity contribution in [2.24, 2.45) is 5.14 Å². The highest BCUT2D eigenvalue weighted by Crippen LogP contribution is 2.25. The molecule has 0 heterocycles. The summed E-state index contributed by atoms with van der Waals surface area (Å²) >= 11 is 6.01. The summed E-state index contributed by atoms with van der Waals surface area (Å²) in [4.78, 5) is 0.0912. The number of halogens is 1. The number of hydrogen-bond acceptors (Lipinski definition) is 3. The summed E-state index contributed by atoms with van der Waals surface area (Å²) in [6, 6.07) is 14.1. The largest absolute Gasteiger partial charge is 0.378 e. The summed E-state index contributed by atoms with van der Waals surface area (Å²) in [5.74, 6) is 0. The van der Waals surface area contributed by atoms with Crippen molar-refractivity contribution in [3.63, 3.8) is 0 Å². The van der Waals surface area contributed by atoms with Gasteiger partial charge in [-0.1, -0.05) is 36.7 Å². The smallest absolute Gasteiger partial charge is 0.238 e. The Morgan fingerprint density at radius 2 is 1.90 bits per heavy atom. The van der Waals surface area contributed by atoms with Crippen LogP contribution in [-0.4, -0.2) is 8.42 Å². The van der Waals surface area contributed by atoms with E-state index in [0.717, 1.165) is 12.0 Å². The van der Waals surface area contributed by atoms with Gasteiger partial charge in [0.05, 0.1) is 10.9 Å². The van der Waals surface area contributed by atoms with Gasteiger partial charge in [0.2, 0.25) is 10.0 Å². The standard InChI is InChI=1S/C15H17ClN2O2S/c1-2-15(11-5-3-6-12(16)9-11)18-13-7-4-8-14(10-13)21(17,19)20/h3-10,15,18H,2H2,1H3,(H2,17,19,20). The maximum Gasteiger partial charge on any atom is 0.238 e. The van der Waals surface area contributed by atoms with Gasteiger partial charge in [0.1, 0.15) is 0 Å². The SMILES string of the molecule is CCC(Nc1cccc(S(N)(=O)=O)c1)c1cccc(Cl)c1. The molecule has 0 spiro atoms. The fourth-order valence-electron chi connectivity index (χ4n) is 2.11. The third kappa shape index (κ3) is 4.20. The van der Waals surface area contributed by atoms with E-state index in [2.05, 4.69) is 5.32 Å². The minimum Gasteiger partial charge on any atom is -0.378 e. The molecule has 2 rings (SSSR count). The molecule has 0 saturated heterocycles. The zero-order valence-electron chi connectivity index (χ0n) is 11.6. The molecular formula is C15H17ClN2O2S. The Labute approximate surface area is 130 Å². The lowest BCUT2D eigenvalue weighted by molar-refractivity contribution is 0.598. The lowest BCUT2D eigenvalue weighted by Crippen LogP contribution is -2.13. The van der Waals surface area contributed by atoms with Crippen LogP contribution in [0.1, 0.15) is 24.9 Å². The molecule has 4 nitrogen and oxygen atoms in total.